The number of piperazine rings is 1. The lowest BCUT2D eigenvalue weighted by Crippen LogP contribution is -2.44. The number of hydrogen-bond acceptors (Lipinski definition) is 5. The van der Waals surface area contributed by atoms with E-state index in [1.807, 2.05) is 11.1 Å². The monoisotopic (exact) mass is 329 g/mol. The van der Waals surface area contributed by atoms with Crippen molar-refractivity contribution >= 4 is 11.9 Å². The summed E-state index contributed by atoms with van der Waals surface area (Å²) in [4.78, 5) is 26.1. The summed E-state index contributed by atoms with van der Waals surface area (Å²) in [6.45, 7) is 5.39. The number of nitrogens with one attached hydrogen (secondary N) is 1. The van der Waals surface area contributed by atoms with Crippen LogP contribution in [-0.2, 0) is 17.8 Å². The second kappa shape index (κ2) is 7.05. The topological polar surface area (TPSA) is 61.4 Å². The van der Waals surface area contributed by atoms with Crippen LogP contribution in [0.25, 0.3) is 0 Å². The Kier molecular flexibility index (Phi) is 4.65. The van der Waals surface area contributed by atoms with Crippen molar-refractivity contribution in [2.75, 3.05) is 37.6 Å². The van der Waals surface area contributed by atoms with E-state index in [4.69, 9.17) is 4.98 Å². The molecule has 3 heterocycles. The summed E-state index contributed by atoms with van der Waals surface area (Å²) in [5, 5.41) is 3.35. The molecular formula is C18H27N5O. The molecule has 3 aliphatic rings. The average molecular weight is 329 g/mol. The fraction of sp³-hybridized carbons (Fsp3) is 0.722. The van der Waals surface area contributed by atoms with Gasteiger partial charge in [0.25, 0.3) is 0 Å². The lowest BCUT2D eigenvalue weighted by Gasteiger charge is -2.31. The highest BCUT2D eigenvalue weighted by Gasteiger charge is 2.26. The van der Waals surface area contributed by atoms with Gasteiger partial charge >= 0.3 is 0 Å². The molecule has 130 valence electrons. The van der Waals surface area contributed by atoms with Crippen LogP contribution in [0.4, 0.5) is 5.95 Å². The van der Waals surface area contributed by atoms with E-state index in [0.717, 1.165) is 62.8 Å². The SMILES string of the molecule is O=C(CC1CCCC1)N1CCc2nc(N3CCNCC3)ncc2C1. The summed E-state index contributed by atoms with van der Waals surface area (Å²) >= 11 is 0. The number of amides is 1. The Balaban J connectivity index is 1.40. The number of fused-ring (bicyclic) bond motifs is 1. The van der Waals surface area contributed by atoms with Crippen LogP contribution in [0.1, 0.15) is 43.4 Å². The number of carbonyl (C=O) groups excluding carboxylic acids is 1. The zero-order valence-corrected chi connectivity index (χ0v) is 14.3. The van der Waals surface area contributed by atoms with Gasteiger partial charge in [0.2, 0.25) is 11.9 Å². The summed E-state index contributed by atoms with van der Waals surface area (Å²) in [6.07, 6.45) is 8.57. The van der Waals surface area contributed by atoms with Crippen LogP contribution in [-0.4, -0.2) is 53.5 Å². The van der Waals surface area contributed by atoms with Gasteiger partial charge in [-0.3, -0.25) is 4.79 Å². The summed E-state index contributed by atoms with van der Waals surface area (Å²) in [5.41, 5.74) is 2.25. The van der Waals surface area contributed by atoms with Gasteiger partial charge in [-0.2, -0.15) is 0 Å². The molecule has 0 unspecified atom stereocenters. The van der Waals surface area contributed by atoms with Crippen molar-refractivity contribution in [3.63, 3.8) is 0 Å². The minimum atomic E-state index is 0.318. The Morgan fingerprint density at radius 3 is 2.79 bits per heavy atom. The van der Waals surface area contributed by atoms with Gasteiger partial charge < -0.3 is 15.1 Å². The Morgan fingerprint density at radius 2 is 2.00 bits per heavy atom. The molecule has 1 amide bonds. The summed E-state index contributed by atoms with van der Waals surface area (Å²) < 4.78 is 0. The van der Waals surface area contributed by atoms with Crippen LogP contribution in [0.5, 0.6) is 0 Å². The minimum Gasteiger partial charge on any atom is -0.338 e. The van der Waals surface area contributed by atoms with Gasteiger partial charge in [0, 0.05) is 63.9 Å². The van der Waals surface area contributed by atoms with Crippen LogP contribution in [0.2, 0.25) is 0 Å². The number of aromatic nitrogens is 2. The molecule has 6 heteroatoms. The molecule has 2 aliphatic heterocycles. The molecule has 6 nitrogen and oxygen atoms in total. The van der Waals surface area contributed by atoms with Gasteiger partial charge in [-0.15, -0.1) is 0 Å². The molecule has 0 aromatic carbocycles. The van der Waals surface area contributed by atoms with Crippen LogP contribution in [0.15, 0.2) is 6.20 Å². The summed E-state index contributed by atoms with van der Waals surface area (Å²) in [5.74, 6) is 1.78. The number of hydrogen-bond donors (Lipinski definition) is 1. The van der Waals surface area contributed by atoms with Crippen molar-refractivity contribution < 1.29 is 4.79 Å². The van der Waals surface area contributed by atoms with E-state index in [1.54, 1.807) is 0 Å². The first-order valence-corrected chi connectivity index (χ1v) is 9.38. The number of carbonyl (C=O) groups is 1. The normalized spacial score (nSPS) is 21.8. The van der Waals surface area contributed by atoms with Gasteiger partial charge in [-0.1, -0.05) is 12.8 Å². The number of nitrogens with zero attached hydrogens (tertiary/aromatic N) is 4. The molecule has 0 spiro atoms. The molecule has 0 atom stereocenters. The Hall–Kier alpha value is -1.69. The lowest BCUT2D eigenvalue weighted by molar-refractivity contribution is -0.133. The van der Waals surface area contributed by atoms with Crippen molar-refractivity contribution in [2.24, 2.45) is 5.92 Å². The fourth-order valence-electron chi connectivity index (χ4n) is 4.13. The molecule has 0 radical (unpaired) electrons. The third kappa shape index (κ3) is 3.38. The van der Waals surface area contributed by atoms with Crippen molar-refractivity contribution in [1.29, 1.82) is 0 Å². The maximum Gasteiger partial charge on any atom is 0.225 e. The fourth-order valence-corrected chi connectivity index (χ4v) is 4.13. The molecule has 0 bridgehead atoms. The zero-order valence-electron chi connectivity index (χ0n) is 14.3. The maximum atomic E-state index is 12.5. The van der Waals surface area contributed by atoms with Gasteiger partial charge in [0.1, 0.15) is 0 Å². The zero-order chi connectivity index (χ0) is 16.4. The first-order chi connectivity index (χ1) is 11.8. The predicted octanol–water partition coefficient (Wildman–Crippen LogP) is 1.35. The van der Waals surface area contributed by atoms with Crippen LogP contribution in [0, 0.1) is 5.92 Å². The minimum absolute atomic E-state index is 0.318. The van der Waals surface area contributed by atoms with Crippen molar-refractivity contribution in [3.05, 3.63) is 17.5 Å². The Morgan fingerprint density at radius 1 is 1.21 bits per heavy atom. The quantitative estimate of drug-likeness (QED) is 0.907. The van der Waals surface area contributed by atoms with E-state index < -0.39 is 0 Å². The van der Waals surface area contributed by atoms with E-state index in [2.05, 4.69) is 15.2 Å². The van der Waals surface area contributed by atoms with Crippen LogP contribution < -0.4 is 10.2 Å². The molecule has 2 fully saturated rings. The van der Waals surface area contributed by atoms with Crippen molar-refractivity contribution in [1.82, 2.24) is 20.2 Å². The number of rotatable bonds is 3. The van der Waals surface area contributed by atoms with Gasteiger partial charge in [0.05, 0.1) is 5.69 Å². The van der Waals surface area contributed by atoms with E-state index in [-0.39, 0.29) is 0 Å². The van der Waals surface area contributed by atoms with Crippen molar-refractivity contribution in [3.8, 4) is 0 Å². The van der Waals surface area contributed by atoms with E-state index in [9.17, 15) is 4.79 Å². The highest BCUT2D eigenvalue weighted by atomic mass is 16.2. The van der Waals surface area contributed by atoms with E-state index >= 15 is 0 Å². The maximum absolute atomic E-state index is 12.5. The Labute approximate surface area is 143 Å². The molecule has 1 aliphatic carbocycles. The molecule has 1 saturated carbocycles. The molecule has 4 rings (SSSR count). The highest BCUT2D eigenvalue weighted by molar-refractivity contribution is 5.76. The first-order valence-electron chi connectivity index (χ1n) is 9.38. The van der Waals surface area contributed by atoms with Gasteiger partial charge in [-0.05, 0) is 18.8 Å². The van der Waals surface area contributed by atoms with Gasteiger partial charge in [-0.25, -0.2) is 9.97 Å². The molecule has 24 heavy (non-hydrogen) atoms. The highest BCUT2D eigenvalue weighted by Crippen LogP contribution is 2.29. The second-order valence-corrected chi connectivity index (χ2v) is 7.30. The van der Waals surface area contributed by atoms with Crippen molar-refractivity contribution in [2.45, 2.75) is 45.1 Å². The molecular weight excluding hydrogens is 302 g/mol. The standard InChI is InChI=1S/C18H27N5O/c24-17(11-14-3-1-2-4-14)23-8-5-16-15(13-23)12-20-18(21-16)22-9-6-19-7-10-22/h12,14,19H,1-11,13H2. The third-order valence-electron chi connectivity index (χ3n) is 5.61. The van der Waals surface area contributed by atoms with Crippen LogP contribution in [0.3, 0.4) is 0 Å². The van der Waals surface area contributed by atoms with E-state index in [1.165, 1.54) is 25.7 Å². The summed E-state index contributed by atoms with van der Waals surface area (Å²) in [6, 6.07) is 0. The summed E-state index contributed by atoms with van der Waals surface area (Å²) in [7, 11) is 0. The second-order valence-electron chi connectivity index (χ2n) is 7.30. The molecule has 1 aromatic rings. The number of anilines is 1. The average Bonchev–Trinajstić information content (AvgIpc) is 3.14. The lowest BCUT2D eigenvalue weighted by atomic mass is 10.0. The smallest absolute Gasteiger partial charge is 0.225 e. The first kappa shape index (κ1) is 15.8. The molecule has 1 aromatic heterocycles. The molecule has 1 saturated heterocycles. The largest absolute Gasteiger partial charge is 0.338 e. The van der Waals surface area contributed by atoms with Gasteiger partial charge in [0.15, 0.2) is 0 Å². The van der Waals surface area contributed by atoms with Crippen LogP contribution >= 0.6 is 0 Å². The third-order valence-corrected chi connectivity index (χ3v) is 5.61. The van der Waals surface area contributed by atoms with E-state index in [0.29, 0.717) is 18.4 Å². The predicted molar refractivity (Wildman–Crippen MR) is 92.8 cm³/mol. The Bertz CT molecular complexity index is 593. The molecule has 1 N–H and O–H groups in total.